The molecule has 110 valence electrons. The highest BCUT2D eigenvalue weighted by Gasteiger charge is 2.41. The molecule has 0 aromatic heterocycles. The van der Waals surface area contributed by atoms with Crippen molar-refractivity contribution in [2.24, 2.45) is 5.92 Å². The minimum Gasteiger partial charge on any atom is -0.376 e. The van der Waals surface area contributed by atoms with Crippen molar-refractivity contribution < 1.29 is 22.7 Å². The number of hydrogen-bond acceptors (Lipinski definition) is 3. The van der Waals surface area contributed by atoms with Gasteiger partial charge in [-0.2, -0.15) is 13.2 Å². The second kappa shape index (κ2) is 5.66. The fourth-order valence-corrected chi connectivity index (χ4v) is 2.42. The molecule has 0 bridgehead atoms. The minimum absolute atomic E-state index is 0.0686. The van der Waals surface area contributed by atoms with Crippen LogP contribution in [0.15, 0.2) is 0 Å². The van der Waals surface area contributed by atoms with E-state index in [0.717, 1.165) is 19.3 Å². The molecule has 1 aliphatic heterocycles. The summed E-state index contributed by atoms with van der Waals surface area (Å²) in [6.45, 7) is 0.939. The lowest BCUT2D eigenvalue weighted by molar-refractivity contribution is -0.139. The highest BCUT2D eigenvalue weighted by atomic mass is 19.4. The molecular weight excluding hydrogens is 261 g/mol. The molecule has 4 nitrogen and oxygen atoms in total. The molecule has 0 aromatic carbocycles. The lowest BCUT2D eigenvalue weighted by Gasteiger charge is -2.23. The second-order valence-corrected chi connectivity index (χ2v) is 5.29. The van der Waals surface area contributed by atoms with Crippen molar-refractivity contribution in [2.75, 3.05) is 13.2 Å². The van der Waals surface area contributed by atoms with Crippen molar-refractivity contribution in [3.8, 4) is 0 Å². The van der Waals surface area contributed by atoms with Gasteiger partial charge in [0.05, 0.1) is 12.1 Å². The predicted octanol–water partition coefficient (Wildman–Crippen LogP) is 1.21. The van der Waals surface area contributed by atoms with Crippen LogP contribution in [-0.2, 0) is 9.53 Å². The molecule has 2 aliphatic rings. The van der Waals surface area contributed by atoms with Crippen molar-refractivity contribution >= 4 is 5.91 Å². The van der Waals surface area contributed by atoms with Gasteiger partial charge in [0.2, 0.25) is 5.91 Å². The average molecular weight is 280 g/mol. The molecule has 1 saturated heterocycles. The second-order valence-electron chi connectivity index (χ2n) is 5.29. The summed E-state index contributed by atoms with van der Waals surface area (Å²) in [5, 5.41) is 4.97. The van der Waals surface area contributed by atoms with Gasteiger partial charge in [0.25, 0.3) is 0 Å². The summed E-state index contributed by atoms with van der Waals surface area (Å²) in [6.07, 6.45) is -1.19. The lowest BCUT2D eigenvalue weighted by atomic mass is 10.1. The van der Waals surface area contributed by atoms with E-state index in [0.29, 0.717) is 12.5 Å². The molecule has 2 N–H and O–H groups in total. The zero-order chi connectivity index (χ0) is 14.0. The number of carbonyl (C=O) groups is 1. The third-order valence-corrected chi connectivity index (χ3v) is 3.54. The van der Waals surface area contributed by atoms with Gasteiger partial charge < -0.3 is 15.4 Å². The van der Waals surface area contributed by atoms with E-state index in [1.54, 1.807) is 6.92 Å². The Labute approximate surface area is 110 Å². The van der Waals surface area contributed by atoms with Crippen LogP contribution >= 0.6 is 0 Å². The first kappa shape index (κ1) is 14.6. The lowest BCUT2D eigenvalue weighted by Crippen LogP contribution is -2.50. The van der Waals surface area contributed by atoms with Crippen molar-refractivity contribution in [3.63, 3.8) is 0 Å². The Morgan fingerprint density at radius 2 is 2.05 bits per heavy atom. The molecule has 0 aromatic rings. The number of carbonyl (C=O) groups excluding carboxylic acids is 1. The van der Waals surface area contributed by atoms with Gasteiger partial charge in [0.1, 0.15) is 6.54 Å². The van der Waals surface area contributed by atoms with Crippen molar-refractivity contribution in [3.05, 3.63) is 0 Å². The van der Waals surface area contributed by atoms with Gasteiger partial charge >= 0.3 is 6.18 Å². The summed E-state index contributed by atoms with van der Waals surface area (Å²) in [5.41, 5.74) is 0. The topological polar surface area (TPSA) is 50.4 Å². The van der Waals surface area contributed by atoms with Gasteiger partial charge in [0.15, 0.2) is 0 Å². The van der Waals surface area contributed by atoms with Gasteiger partial charge in [-0.05, 0) is 32.1 Å². The molecule has 3 unspecified atom stereocenters. The molecular formula is C12H19F3N2O2. The number of rotatable bonds is 5. The number of hydrogen-bond donors (Lipinski definition) is 2. The maximum Gasteiger partial charge on any atom is 0.405 e. The first-order valence-electron chi connectivity index (χ1n) is 6.59. The Morgan fingerprint density at radius 1 is 1.37 bits per heavy atom. The highest BCUT2D eigenvalue weighted by Crippen LogP contribution is 2.38. The largest absolute Gasteiger partial charge is 0.405 e. The van der Waals surface area contributed by atoms with Crippen molar-refractivity contribution in [1.82, 2.24) is 10.6 Å². The minimum atomic E-state index is -4.37. The van der Waals surface area contributed by atoms with E-state index in [1.165, 1.54) is 0 Å². The molecule has 1 aliphatic carbocycles. The number of nitrogens with one attached hydrogen (secondary N) is 2. The van der Waals surface area contributed by atoms with Crippen LogP contribution in [0.2, 0.25) is 0 Å². The van der Waals surface area contributed by atoms with Crippen molar-refractivity contribution in [2.45, 2.75) is 50.6 Å². The van der Waals surface area contributed by atoms with Gasteiger partial charge in [-0.3, -0.25) is 4.79 Å². The SMILES string of the molecule is CC(NC1CCOC1C1CC1)C(=O)NCC(F)(F)F. The molecule has 1 saturated carbocycles. The van der Waals surface area contributed by atoms with E-state index in [2.05, 4.69) is 5.32 Å². The quantitative estimate of drug-likeness (QED) is 0.796. The fraction of sp³-hybridized carbons (Fsp3) is 0.917. The molecule has 1 amide bonds. The van der Waals surface area contributed by atoms with Crippen LogP contribution in [0.1, 0.15) is 26.2 Å². The van der Waals surface area contributed by atoms with E-state index in [4.69, 9.17) is 4.74 Å². The molecule has 2 fully saturated rings. The fourth-order valence-electron chi connectivity index (χ4n) is 2.42. The maximum atomic E-state index is 12.0. The third-order valence-electron chi connectivity index (χ3n) is 3.54. The van der Waals surface area contributed by atoms with Gasteiger partial charge in [0, 0.05) is 12.6 Å². The van der Waals surface area contributed by atoms with Crippen LogP contribution < -0.4 is 10.6 Å². The Balaban J connectivity index is 1.76. The average Bonchev–Trinajstić information content (AvgIpc) is 3.06. The normalized spacial score (nSPS) is 29.3. The molecule has 3 atom stereocenters. The van der Waals surface area contributed by atoms with Crippen LogP contribution in [0.3, 0.4) is 0 Å². The molecule has 1 heterocycles. The summed E-state index contributed by atoms with van der Waals surface area (Å²) in [6, 6.07) is -0.575. The predicted molar refractivity (Wildman–Crippen MR) is 62.5 cm³/mol. The Bertz CT molecular complexity index is 331. The first-order chi connectivity index (χ1) is 8.87. The number of alkyl halides is 3. The number of ether oxygens (including phenoxy) is 1. The molecule has 0 spiro atoms. The maximum absolute atomic E-state index is 12.0. The van der Waals surface area contributed by atoms with E-state index >= 15 is 0 Å². The zero-order valence-corrected chi connectivity index (χ0v) is 10.8. The standard InChI is InChI=1S/C12H19F3N2O2/c1-7(11(18)16-6-12(13,14)15)17-9-4-5-19-10(9)8-2-3-8/h7-10,17H,2-6H2,1H3,(H,16,18). The molecule has 19 heavy (non-hydrogen) atoms. The van der Waals surface area contributed by atoms with Crippen LogP contribution in [0.4, 0.5) is 13.2 Å². The first-order valence-corrected chi connectivity index (χ1v) is 6.59. The van der Waals surface area contributed by atoms with E-state index in [1.807, 2.05) is 5.32 Å². The molecule has 7 heteroatoms. The molecule has 0 radical (unpaired) electrons. The smallest absolute Gasteiger partial charge is 0.376 e. The number of halogens is 3. The summed E-state index contributed by atoms with van der Waals surface area (Å²) in [7, 11) is 0. The van der Waals surface area contributed by atoms with Gasteiger partial charge in [-0.25, -0.2) is 0 Å². The summed E-state index contributed by atoms with van der Waals surface area (Å²) < 4.78 is 41.6. The Hall–Kier alpha value is -0.820. The summed E-state index contributed by atoms with van der Waals surface area (Å²) in [5.74, 6) is -0.0794. The third kappa shape index (κ3) is 4.35. The Morgan fingerprint density at radius 3 is 2.63 bits per heavy atom. The van der Waals surface area contributed by atoms with E-state index < -0.39 is 24.7 Å². The zero-order valence-electron chi connectivity index (χ0n) is 10.8. The van der Waals surface area contributed by atoms with Crippen LogP contribution in [-0.4, -0.2) is 43.4 Å². The van der Waals surface area contributed by atoms with Gasteiger partial charge in [-0.1, -0.05) is 0 Å². The monoisotopic (exact) mass is 280 g/mol. The van der Waals surface area contributed by atoms with E-state index in [-0.39, 0.29) is 12.1 Å². The Kier molecular flexibility index (Phi) is 4.35. The number of amides is 1. The highest BCUT2D eigenvalue weighted by molar-refractivity contribution is 5.81. The van der Waals surface area contributed by atoms with Crippen LogP contribution in [0.5, 0.6) is 0 Å². The van der Waals surface area contributed by atoms with Crippen molar-refractivity contribution in [1.29, 1.82) is 0 Å². The van der Waals surface area contributed by atoms with Crippen LogP contribution in [0, 0.1) is 5.92 Å². The molecule has 2 rings (SSSR count). The van der Waals surface area contributed by atoms with Gasteiger partial charge in [-0.15, -0.1) is 0 Å². The summed E-state index contributed by atoms with van der Waals surface area (Å²) >= 11 is 0. The van der Waals surface area contributed by atoms with Crippen LogP contribution in [0.25, 0.3) is 0 Å². The van der Waals surface area contributed by atoms with E-state index in [9.17, 15) is 18.0 Å². The summed E-state index contributed by atoms with van der Waals surface area (Å²) in [4.78, 5) is 11.6.